The third-order valence-corrected chi connectivity index (χ3v) is 5.50. The van der Waals surface area contributed by atoms with Crippen LogP contribution in [0.5, 0.6) is 0 Å². The van der Waals surface area contributed by atoms with E-state index in [0.717, 1.165) is 45.4 Å². The maximum absolute atomic E-state index is 11.9. The first-order valence-corrected chi connectivity index (χ1v) is 8.95. The highest BCUT2D eigenvalue weighted by atomic mass is 16.6. The fourth-order valence-electron chi connectivity index (χ4n) is 4.02. The normalized spacial score (nSPS) is 24.1. The van der Waals surface area contributed by atoms with Crippen molar-refractivity contribution in [1.82, 2.24) is 9.80 Å². The Morgan fingerprint density at radius 2 is 1.92 bits per heavy atom. The smallest absolute Gasteiger partial charge is 0.409 e. The van der Waals surface area contributed by atoms with Crippen LogP contribution in [-0.4, -0.2) is 61.8 Å². The van der Waals surface area contributed by atoms with Gasteiger partial charge in [0.1, 0.15) is 0 Å². The van der Waals surface area contributed by atoms with E-state index in [1.54, 1.807) is 0 Å². The summed E-state index contributed by atoms with van der Waals surface area (Å²) >= 11 is 0. The fraction of sp³-hybridized carbons (Fsp3) is 0.632. The number of methoxy groups -OCH3 is 1. The number of rotatable bonds is 4. The van der Waals surface area contributed by atoms with Gasteiger partial charge in [-0.1, -0.05) is 30.3 Å². The van der Waals surface area contributed by atoms with Crippen LogP contribution in [0.25, 0.3) is 0 Å². The molecule has 1 atom stereocenters. The van der Waals surface area contributed by atoms with E-state index in [0.29, 0.717) is 12.6 Å². The highest BCUT2D eigenvalue weighted by Crippen LogP contribution is 2.37. The van der Waals surface area contributed by atoms with Crippen LogP contribution in [0.4, 0.5) is 4.79 Å². The second kappa shape index (κ2) is 7.53. The molecule has 2 saturated heterocycles. The van der Waals surface area contributed by atoms with Crippen LogP contribution in [0.1, 0.15) is 31.7 Å². The lowest BCUT2D eigenvalue weighted by atomic mass is 9.83. The summed E-state index contributed by atoms with van der Waals surface area (Å²) in [6.45, 7) is 5.88. The SMILES string of the molecule is CCOC(=O)N1CCC(N2CCC(OC)(c3ccccc3)CC2)C1. The number of amides is 1. The number of carbonyl (C=O) groups is 1. The van der Waals surface area contributed by atoms with Gasteiger partial charge in [0.15, 0.2) is 0 Å². The second-order valence-corrected chi connectivity index (χ2v) is 6.69. The summed E-state index contributed by atoms with van der Waals surface area (Å²) in [6, 6.07) is 11.0. The zero-order valence-electron chi connectivity index (χ0n) is 14.7. The standard InChI is InChI=1S/C19H28N2O3/c1-3-24-18(22)21-12-9-17(15-21)20-13-10-19(23-2,11-14-20)16-7-5-4-6-8-16/h4-8,17H,3,9-15H2,1-2H3. The van der Waals surface area contributed by atoms with E-state index >= 15 is 0 Å². The maximum Gasteiger partial charge on any atom is 0.409 e. The lowest BCUT2D eigenvalue weighted by molar-refractivity contribution is -0.0684. The summed E-state index contributed by atoms with van der Waals surface area (Å²) < 4.78 is 11.1. The summed E-state index contributed by atoms with van der Waals surface area (Å²) in [6.07, 6.45) is 2.84. The monoisotopic (exact) mass is 332 g/mol. The van der Waals surface area contributed by atoms with Crippen molar-refractivity contribution < 1.29 is 14.3 Å². The molecule has 1 unspecified atom stereocenters. The van der Waals surface area contributed by atoms with Gasteiger partial charge in [0.05, 0.1) is 12.2 Å². The molecule has 1 aromatic rings. The lowest BCUT2D eigenvalue weighted by Crippen LogP contribution is -2.48. The number of benzene rings is 1. The third-order valence-electron chi connectivity index (χ3n) is 5.50. The molecule has 0 aromatic heterocycles. The number of piperidine rings is 1. The average molecular weight is 332 g/mol. The number of hydrogen-bond donors (Lipinski definition) is 0. The van der Waals surface area contributed by atoms with E-state index < -0.39 is 0 Å². The highest BCUT2D eigenvalue weighted by molar-refractivity contribution is 5.68. The van der Waals surface area contributed by atoms with Gasteiger partial charge >= 0.3 is 6.09 Å². The topological polar surface area (TPSA) is 42.0 Å². The van der Waals surface area contributed by atoms with Gasteiger partial charge in [-0.25, -0.2) is 4.79 Å². The van der Waals surface area contributed by atoms with E-state index in [9.17, 15) is 4.79 Å². The van der Waals surface area contributed by atoms with Crippen molar-refractivity contribution in [3.63, 3.8) is 0 Å². The maximum atomic E-state index is 11.9. The van der Waals surface area contributed by atoms with E-state index in [-0.39, 0.29) is 11.7 Å². The summed E-state index contributed by atoms with van der Waals surface area (Å²) in [4.78, 5) is 16.2. The lowest BCUT2D eigenvalue weighted by Gasteiger charge is -2.43. The minimum absolute atomic E-state index is 0.169. The molecule has 3 rings (SSSR count). The molecule has 0 aliphatic carbocycles. The van der Waals surface area contributed by atoms with Crippen LogP contribution < -0.4 is 0 Å². The molecule has 2 aliphatic heterocycles. The molecule has 0 saturated carbocycles. The van der Waals surface area contributed by atoms with E-state index in [1.807, 2.05) is 25.0 Å². The van der Waals surface area contributed by atoms with Crippen LogP contribution in [0.3, 0.4) is 0 Å². The number of carbonyl (C=O) groups excluding carboxylic acids is 1. The van der Waals surface area contributed by atoms with Crippen molar-refractivity contribution in [2.75, 3.05) is 39.9 Å². The molecular weight excluding hydrogens is 304 g/mol. The Kier molecular flexibility index (Phi) is 5.41. The Labute approximate surface area is 144 Å². The molecule has 132 valence electrons. The van der Waals surface area contributed by atoms with Gasteiger partial charge in [0.2, 0.25) is 0 Å². The molecule has 1 aromatic carbocycles. The van der Waals surface area contributed by atoms with Crippen LogP contribution in [0, 0.1) is 0 Å². The number of nitrogens with zero attached hydrogens (tertiary/aromatic N) is 2. The molecule has 5 heteroatoms. The average Bonchev–Trinajstić information content (AvgIpc) is 3.13. The molecule has 0 N–H and O–H groups in total. The van der Waals surface area contributed by atoms with Crippen LogP contribution in [0.2, 0.25) is 0 Å². The molecule has 5 nitrogen and oxygen atoms in total. The number of hydrogen-bond acceptors (Lipinski definition) is 4. The van der Waals surface area contributed by atoms with Gasteiger partial charge in [0, 0.05) is 39.3 Å². The van der Waals surface area contributed by atoms with Gasteiger partial charge in [-0.3, -0.25) is 4.90 Å². The number of ether oxygens (including phenoxy) is 2. The predicted octanol–water partition coefficient (Wildman–Crippen LogP) is 2.85. The molecule has 0 bridgehead atoms. The molecule has 2 fully saturated rings. The Hall–Kier alpha value is -1.59. The molecular formula is C19H28N2O3. The third kappa shape index (κ3) is 3.42. The van der Waals surface area contributed by atoms with Gasteiger partial charge in [0.25, 0.3) is 0 Å². The molecule has 1 amide bonds. The van der Waals surface area contributed by atoms with Crippen molar-refractivity contribution >= 4 is 6.09 Å². The van der Waals surface area contributed by atoms with Crippen molar-refractivity contribution in [3.8, 4) is 0 Å². The van der Waals surface area contributed by atoms with E-state index in [2.05, 4.69) is 29.2 Å². The molecule has 0 radical (unpaired) electrons. The van der Waals surface area contributed by atoms with Crippen LogP contribution >= 0.6 is 0 Å². The van der Waals surface area contributed by atoms with Gasteiger partial charge in [-0.05, 0) is 31.7 Å². The zero-order valence-corrected chi connectivity index (χ0v) is 14.7. The Bertz CT molecular complexity index is 541. The largest absolute Gasteiger partial charge is 0.450 e. The summed E-state index contributed by atoms with van der Waals surface area (Å²) in [5.74, 6) is 0. The molecule has 24 heavy (non-hydrogen) atoms. The van der Waals surface area contributed by atoms with Crippen molar-refractivity contribution in [2.45, 2.75) is 37.8 Å². The summed E-state index contributed by atoms with van der Waals surface area (Å²) in [5.41, 5.74) is 1.10. The van der Waals surface area contributed by atoms with Crippen molar-refractivity contribution in [1.29, 1.82) is 0 Å². The summed E-state index contributed by atoms with van der Waals surface area (Å²) in [7, 11) is 1.82. The minimum atomic E-state index is -0.174. The van der Waals surface area contributed by atoms with E-state index in [1.165, 1.54) is 5.56 Å². The summed E-state index contributed by atoms with van der Waals surface area (Å²) in [5, 5.41) is 0. The van der Waals surface area contributed by atoms with Gasteiger partial charge in [-0.2, -0.15) is 0 Å². The highest BCUT2D eigenvalue weighted by Gasteiger charge is 2.39. The van der Waals surface area contributed by atoms with E-state index in [4.69, 9.17) is 9.47 Å². The Morgan fingerprint density at radius 3 is 2.54 bits per heavy atom. The molecule has 2 heterocycles. The number of likely N-dealkylation sites (tertiary alicyclic amines) is 2. The zero-order chi connectivity index (χ0) is 17.0. The first kappa shape index (κ1) is 17.2. The van der Waals surface area contributed by atoms with Crippen molar-refractivity contribution in [2.24, 2.45) is 0 Å². The first-order chi connectivity index (χ1) is 11.7. The Balaban J connectivity index is 1.58. The van der Waals surface area contributed by atoms with Crippen LogP contribution in [-0.2, 0) is 15.1 Å². The quantitative estimate of drug-likeness (QED) is 0.850. The van der Waals surface area contributed by atoms with Crippen molar-refractivity contribution in [3.05, 3.63) is 35.9 Å². The fourth-order valence-corrected chi connectivity index (χ4v) is 4.02. The van der Waals surface area contributed by atoms with Gasteiger partial charge in [-0.15, -0.1) is 0 Å². The van der Waals surface area contributed by atoms with Gasteiger partial charge < -0.3 is 14.4 Å². The first-order valence-electron chi connectivity index (χ1n) is 8.95. The second-order valence-electron chi connectivity index (χ2n) is 6.69. The minimum Gasteiger partial charge on any atom is -0.450 e. The van der Waals surface area contributed by atoms with Crippen LogP contribution in [0.15, 0.2) is 30.3 Å². The molecule has 0 spiro atoms. The molecule has 2 aliphatic rings. The predicted molar refractivity (Wildman–Crippen MR) is 92.9 cm³/mol. The Morgan fingerprint density at radius 1 is 1.21 bits per heavy atom.